The zero-order chi connectivity index (χ0) is 14.8. The number of aromatic nitrogens is 3. The van der Waals surface area contributed by atoms with Gasteiger partial charge in [-0.15, -0.1) is 11.3 Å². The predicted octanol–water partition coefficient (Wildman–Crippen LogP) is 0.992. The van der Waals surface area contributed by atoms with Gasteiger partial charge in [-0.1, -0.05) is 0 Å². The summed E-state index contributed by atoms with van der Waals surface area (Å²) in [5.74, 6) is -0.383. The van der Waals surface area contributed by atoms with E-state index >= 15 is 0 Å². The van der Waals surface area contributed by atoms with E-state index in [9.17, 15) is 9.59 Å². The van der Waals surface area contributed by atoms with Crippen LogP contribution in [0.2, 0.25) is 0 Å². The Bertz CT molecular complexity index is 737. The van der Waals surface area contributed by atoms with E-state index in [1.54, 1.807) is 0 Å². The lowest BCUT2D eigenvalue weighted by atomic mass is 9.91. The number of anilines is 1. The largest absolute Gasteiger partial charge is 0.493 e. The molecule has 1 amide bonds. The van der Waals surface area contributed by atoms with Crippen molar-refractivity contribution in [1.29, 1.82) is 0 Å². The summed E-state index contributed by atoms with van der Waals surface area (Å²) in [5, 5.41) is 20.0. The van der Waals surface area contributed by atoms with Crippen molar-refractivity contribution in [2.24, 2.45) is 0 Å². The molecule has 0 saturated carbocycles. The number of hydrogen-bond acceptors (Lipinski definition) is 6. The molecular weight excluding hydrogens is 292 g/mol. The number of thiazole rings is 1. The normalized spacial score (nSPS) is 13.7. The molecule has 0 spiro atoms. The van der Waals surface area contributed by atoms with Crippen LogP contribution >= 0.6 is 11.3 Å². The molecule has 7 nitrogen and oxygen atoms in total. The minimum absolute atomic E-state index is 0.0828. The van der Waals surface area contributed by atoms with Gasteiger partial charge in [0.1, 0.15) is 0 Å². The number of aromatic hydroxyl groups is 1. The monoisotopic (exact) mass is 306 g/mol. The van der Waals surface area contributed by atoms with E-state index in [2.05, 4.69) is 20.5 Å². The number of aromatic amines is 1. The molecule has 8 heteroatoms. The van der Waals surface area contributed by atoms with E-state index in [1.165, 1.54) is 5.38 Å². The molecule has 21 heavy (non-hydrogen) atoms. The Morgan fingerprint density at radius 3 is 2.86 bits per heavy atom. The minimum atomic E-state index is -0.267. The van der Waals surface area contributed by atoms with Crippen LogP contribution in [-0.4, -0.2) is 26.2 Å². The van der Waals surface area contributed by atoms with Gasteiger partial charge < -0.3 is 10.4 Å². The third-order valence-electron chi connectivity index (χ3n) is 3.45. The SMILES string of the molecule is O=C(Cc1n[nH]c(=O)c2c1CCCC2)Nc1nc(O)cs1. The number of H-pyrrole nitrogens is 1. The van der Waals surface area contributed by atoms with Gasteiger partial charge in [0, 0.05) is 5.56 Å². The van der Waals surface area contributed by atoms with Crippen LogP contribution in [0.1, 0.15) is 29.7 Å². The summed E-state index contributed by atoms with van der Waals surface area (Å²) in [4.78, 5) is 27.5. The first-order chi connectivity index (χ1) is 10.1. The molecule has 0 saturated heterocycles. The van der Waals surface area contributed by atoms with Crippen LogP contribution in [0.4, 0.5) is 5.13 Å². The third kappa shape index (κ3) is 2.94. The average Bonchev–Trinajstić information content (AvgIpc) is 2.87. The van der Waals surface area contributed by atoms with Crippen molar-refractivity contribution in [3.8, 4) is 5.88 Å². The highest BCUT2D eigenvalue weighted by Crippen LogP contribution is 2.22. The second-order valence-electron chi connectivity index (χ2n) is 4.90. The number of rotatable bonds is 3. The van der Waals surface area contributed by atoms with Gasteiger partial charge in [0.05, 0.1) is 17.5 Å². The second-order valence-corrected chi connectivity index (χ2v) is 5.76. The van der Waals surface area contributed by atoms with Crippen LogP contribution in [0, 0.1) is 0 Å². The van der Waals surface area contributed by atoms with Gasteiger partial charge in [0.15, 0.2) is 5.13 Å². The lowest BCUT2D eigenvalue weighted by Gasteiger charge is -2.16. The fourth-order valence-corrected chi connectivity index (χ4v) is 3.10. The molecule has 2 heterocycles. The molecule has 0 aromatic carbocycles. The first-order valence-electron chi connectivity index (χ1n) is 6.67. The zero-order valence-corrected chi connectivity index (χ0v) is 12.0. The highest BCUT2D eigenvalue weighted by molar-refractivity contribution is 7.14. The van der Waals surface area contributed by atoms with Crippen LogP contribution in [0.3, 0.4) is 0 Å². The molecule has 110 valence electrons. The molecule has 3 rings (SSSR count). The third-order valence-corrected chi connectivity index (χ3v) is 4.19. The van der Waals surface area contributed by atoms with E-state index in [-0.39, 0.29) is 23.8 Å². The molecule has 2 aromatic heterocycles. The topological polar surface area (TPSA) is 108 Å². The maximum Gasteiger partial charge on any atom is 0.267 e. The number of carbonyl (C=O) groups excluding carboxylic acids is 1. The van der Waals surface area contributed by atoms with Gasteiger partial charge in [-0.3, -0.25) is 9.59 Å². The van der Waals surface area contributed by atoms with E-state index in [0.29, 0.717) is 10.8 Å². The van der Waals surface area contributed by atoms with Crippen molar-refractivity contribution < 1.29 is 9.90 Å². The number of hydrogen-bond donors (Lipinski definition) is 3. The molecule has 0 bridgehead atoms. The number of amides is 1. The van der Waals surface area contributed by atoms with Crippen molar-refractivity contribution in [2.75, 3.05) is 5.32 Å². The lowest BCUT2D eigenvalue weighted by molar-refractivity contribution is -0.115. The number of nitrogens with zero attached hydrogens (tertiary/aromatic N) is 2. The number of fused-ring (bicyclic) bond motifs is 1. The second kappa shape index (κ2) is 5.65. The van der Waals surface area contributed by atoms with Crippen molar-refractivity contribution in [2.45, 2.75) is 32.1 Å². The maximum absolute atomic E-state index is 12.0. The Labute approximate surface area is 124 Å². The smallest absolute Gasteiger partial charge is 0.267 e. The first-order valence-corrected chi connectivity index (χ1v) is 7.55. The van der Waals surface area contributed by atoms with Gasteiger partial charge in [-0.05, 0) is 31.2 Å². The molecule has 2 aromatic rings. The van der Waals surface area contributed by atoms with Crippen molar-refractivity contribution in [3.05, 3.63) is 32.6 Å². The summed E-state index contributed by atoms with van der Waals surface area (Å²) in [5.41, 5.74) is 2.12. The Balaban J connectivity index is 1.78. The molecule has 0 aliphatic heterocycles. The Morgan fingerprint density at radius 1 is 1.38 bits per heavy atom. The maximum atomic E-state index is 12.0. The highest BCUT2D eigenvalue weighted by atomic mass is 32.1. The number of carbonyl (C=O) groups is 1. The van der Waals surface area contributed by atoms with Crippen LogP contribution in [0.25, 0.3) is 0 Å². The van der Waals surface area contributed by atoms with Gasteiger partial charge in [-0.2, -0.15) is 10.1 Å². The predicted molar refractivity (Wildman–Crippen MR) is 77.6 cm³/mol. The van der Waals surface area contributed by atoms with E-state index in [0.717, 1.165) is 48.1 Å². The van der Waals surface area contributed by atoms with E-state index in [1.807, 2.05) is 0 Å². The first kappa shape index (κ1) is 13.7. The van der Waals surface area contributed by atoms with Crippen LogP contribution in [-0.2, 0) is 24.1 Å². The van der Waals surface area contributed by atoms with E-state index < -0.39 is 0 Å². The summed E-state index contributed by atoms with van der Waals surface area (Å²) < 4.78 is 0. The van der Waals surface area contributed by atoms with E-state index in [4.69, 9.17) is 5.11 Å². The van der Waals surface area contributed by atoms with Crippen LogP contribution in [0.15, 0.2) is 10.2 Å². The quantitative estimate of drug-likeness (QED) is 0.784. The van der Waals surface area contributed by atoms with Crippen molar-refractivity contribution >= 4 is 22.4 Å². The fraction of sp³-hybridized carbons (Fsp3) is 0.385. The molecule has 0 radical (unpaired) electrons. The van der Waals surface area contributed by atoms with Crippen LogP contribution < -0.4 is 10.9 Å². The summed E-state index contributed by atoms with van der Waals surface area (Å²) in [7, 11) is 0. The van der Waals surface area contributed by atoms with Crippen molar-refractivity contribution in [1.82, 2.24) is 15.2 Å². The molecular formula is C13H14N4O3S. The van der Waals surface area contributed by atoms with Gasteiger partial charge >= 0.3 is 0 Å². The molecule has 0 atom stereocenters. The summed E-state index contributed by atoms with van der Waals surface area (Å²) in [6.45, 7) is 0. The Hall–Kier alpha value is -2.22. The zero-order valence-electron chi connectivity index (χ0n) is 11.2. The van der Waals surface area contributed by atoms with Gasteiger partial charge in [-0.25, -0.2) is 5.10 Å². The molecule has 1 aliphatic carbocycles. The summed E-state index contributed by atoms with van der Waals surface area (Å²) >= 11 is 1.15. The standard InChI is InChI=1S/C13H14N4O3S/c18-10(14-13-15-11(19)6-21-13)5-9-7-3-1-2-4-8(7)12(20)17-16-9/h6,19H,1-5H2,(H,17,20)(H,14,15,18). The molecule has 3 N–H and O–H groups in total. The van der Waals surface area contributed by atoms with Gasteiger partial charge in [0.25, 0.3) is 5.56 Å². The Kier molecular flexibility index (Phi) is 3.70. The highest BCUT2D eigenvalue weighted by Gasteiger charge is 2.19. The average molecular weight is 306 g/mol. The molecule has 0 unspecified atom stereocenters. The van der Waals surface area contributed by atoms with Crippen molar-refractivity contribution in [3.63, 3.8) is 0 Å². The summed E-state index contributed by atoms with van der Waals surface area (Å²) in [6.07, 6.45) is 3.60. The Morgan fingerprint density at radius 2 is 2.14 bits per heavy atom. The minimum Gasteiger partial charge on any atom is -0.493 e. The molecule has 0 fully saturated rings. The molecule has 1 aliphatic rings. The van der Waals surface area contributed by atoms with Gasteiger partial charge in [0.2, 0.25) is 11.8 Å². The summed E-state index contributed by atoms with van der Waals surface area (Å²) in [6, 6.07) is 0. The fourth-order valence-electron chi connectivity index (χ4n) is 2.51. The van der Waals surface area contributed by atoms with Crippen LogP contribution in [0.5, 0.6) is 5.88 Å². The lowest BCUT2D eigenvalue weighted by Crippen LogP contribution is -2.25. The number of nitrogens with one attached hydrogen (secondary N) is 2.